The van der Waals surface area contributed by atoms with E-state index in [1.54, 1.807) is 16.2 Å². The first kappa shape index (κ1) is 20.8. The number of nitrogens with zero attached hydrogens (tertiary/aromatic N) is 4. The van der Waals surface area contributed by atoms with Crippen LogP contribution in [0.3, 0.4) is 0 Å². The zero-order chi connectivity index (χ0) is 23.1. The minimum absolute atomic E-state index is 0.0723. The second kappa shape index (κ2) is 8.56. The molecule has 0 aliphatic heterocycles. The van der Waals surface area contributed by atoms with Gasteiger partial charge in [-0.25, -0.2) is 4.79 Å². The Morgan fingerprint density at radius 3 is 2.59 bits per heavy atom. The first-order valence-corrected chi connectivity index (χ1v) is 12.2. The van der Waals surface area contributed by atoms with Gasteiger partial charge in [0.15, 0.2) is 0 Å². The third-order valence-electron chi connectivity index (χ3n) is 7.25. The van der Waals surface area contributed by atoms with Gasteiger partial charge in [-0.15, -0.1) is 0 Å². The van der Waals surface area contributed by atoms with Gasteiger partial charge in [-0.3, -0.25) is 14.5 Å². The molecular weight excluding hydrogens is 420 g/mol. The van der Waals surface area contributed by atoms with E-state index in [1.165, 1.54) is 43.2 Å². The molecule has 1 fully saturated rings. The Labute approximate surface area is 199 Å². The largest absolute Gasteiger partial charge is 0.333 e. The molecule has 2 aliphatic rings. The van der Waals surface area contributed by atoms with Crippen LogP contribution in [0.4, 0.5) is 0 Å². The van der Waals surface area contributed by atoms with Crippen LogP contribution in [0.15, 0.2) is 71.9 Å². The number of pyridine rings is 2. The molecule has 0 N–H and O–H groups in total. The molecule has 2 aliphatic carbocycles. The fourth-order valence-corrected chi connectivity index (χ4v) is 5.35. The minimum atomic E-state index is -0.0723. The van der Waals surface area contributed by atoms with Crippen LogP contribution >= 0.6 is 0 Å². The lowest BCUT2D eigenvalue weighted by atomic mass is 9.84. The van der Waals surface area contributed by atoms with Gasteiger partial charge in [-0.1, -0.05) is 43.5 Å². The van der Waals surface area contributed by atoms with Crippen LogP contribution < -0.4 is 5.69 Å². The van der Waals surface area contributed by atoms with Crippen LogP contribution in [-0.4, -0.2) is 19.1 Å². The van der Waals surface area contributed by atoms with Gasteiger partial charge >= 0.3 is 5.69 Å². The summed E-state index contributed by atoms with van der Waals surface area (Å²) < 4.78 is 3.39. The molecule has 3 heterocycles. The van der Waals surface area contributed by atoms with E-state index in [9.17, 15) is 4.79 Å². The number of fused-ring (bicyclic) bond motifs is 1. The van der Waals surface area contributed by atoms with Crippen molar-refractivity contribution in [3.05, 3.63) is 94.4 Å². The SMILES string of the molecule is Cn1cc(-c2cc(-c3cnc4c(c3)C=CC4)ccn2)n(-c2ccc(C3CCCCC3)cc2)c1=O. The molecule has 0 saturated heterocycles. The van der Waals surface area contributed by atoms with Gasteiger partial charge < -0.3 is 4.57 Å². The number of hydrogen-bond donors (Lipinski definition) is 0. The van der Waals surface area contributed by atoms with E-state index in [-0.39, 0.29) is 5.69 Å². The lowest BCUT2D eigenvalue weighted by molar-refractivity contribution is 0.443. The summed E-state index contributed by atoms with van der Waals surface area (Å²) in [6.45, 7) is 0. The third-order valence-corrected chi connectivity index (χ3v) is 7.25. The zero-order valence-corrected chi connectivity index (χ0v) is 19.4. The quantitative estimate of drug-likeness (QED) is 0.390. The molecule has 0 amide bonds. The number of benzene rings is 1. The molecule has 0 spiro atoms. The van der Waals surface area contributed by atoms with Crippen LogP contribution in [0.25, 0.3) is 34.3 Å². The molecule has 0 atom stereocenters. The summed E-state index contributed by atoms with van der Waals surface area (Å²) in [7, 11) is 1.79. The van der Waals surface area contributed by atoms with Crippen molar-refractivity contribution in [2.45, 2.75) is 44.4 Å². The molecule has 34 heavy (non-hydrogen) atoms. The number of aryl methyl sites for hydroxylation is 1. The van der Waals surface area contributed by atoms with Gasteiger partial charge in [0, 0.05) is 37.6 Å². The minimum Gasteiger partial charge on any atom is -0.301 e. The van der Waals surface area contributed by atoms with Crippen LogP contribution in [0.1, 0.15) is 54.8 Å². The molecule has 4 aromatic rings. The van der Waals surface area contributed by atoms with Gasteiger partial charge in [0.2, 0.25) is 0 Å². The maximum Gasteiger partial charge on any atom is 0.333 e. The van der Waals surface area contributed by atoms with E-state index >= 15 is 0 Å². The van der Waals surface area contributed by atoms with Crippen molar-refractivity contribution in [3.8, 4) is 28.2 Å². The summed E-state index contributed by atoms with van der Waals surface area (Å²) in [6, 6.07) is 14.8. The van der Waals surface area contributed by atoms with E-state index in [4.69, 9.17) is 0 Å². The summed E-state index contributed by atoms with van der Waals surface area (Å²) in [5.41, 5.74) is 8.11. The molecule has 1 aromatic carbocycles. The first-order valence-electron chi connectivity index (χ1n) is 12.2. The Morgan fingerprint density at radius 2 is 1.76 bits per heavy atom. The molecule has 0 radical (unpaired) electrons. The van der Waals surface area contributed by atoms with E-state index in [0.717, 1.165) is 40.3 Å². The normalized spacial score (nSPS) is 15.6. The molecule has 5 nitrogen and oxygen atoms in total. The fourth-order valence-electron chi connectivity index (χ4n) is 5.35. The average Bonchev–Trinajstić information content (AvgIpc) is 3.48. The number of hydrogen-bond acceptors (Lipinski definition) is 3. The van der Waals surface area contributed by atoms with Crippen molar-refractivity contribution in [1.82, 2.24) is 19.1 Å². The molecule has 3 aromatic heterocycles. The maximum atomic E-state index is 13.1. The molecule has 1 saturated carbocycles. The lowest BCUT2D eigenvalue weighted by Crippen LogP contribution is -2.21. The second-order valence-electron chi connectivity index (χ2n) is 9.47. The van der Waals surface area contributed by atoms with E-state index in [2.05, 4.69) is 52.5 Å². The Balaban J connectivity index is 1.38. The summed E-state index contributed by atoms with van der Waals surface area (Å²) in [6.07, 6.45) is 17.3. The van der Waals surface area contributed by atoms with E-state index in [1.807, 2.05) is 30.7 Å². The Kier molecular flexibility index (Phi) is 5.25. The summed E-state index contributed by atoms with van der Waals surface area (Å²) in [5, 5.41) is 0. The summed E-state index contributed by atoms with van der Waals surface area (Å²) in [5.74, 6) is 0.642. The standard InChI is InChI=1S/C29H28N4O/c1-32-19-28(27-17-22(14-15-30-27)24-16-23-8-5-9-26(23)31-18-24)33(29(32)34)25-12-10-21(11-13-25)20-6-3-2-4-7-20/h5,8,10-20H,2-4,6-7,9H2,1H3. The fraction of sp³-hybridized carbons (Fsp3) is 0.276. The highest BCUT2D eigenvalue weighted by molar-refractivity contribution is 5.72. The van der Waals surface area contributed by atoms with Crippen molar-refractivity contribution in [2.24, 2.45) is 7.05 Å². The summed E-state index contributed by atoms with van der Waals surface area (Å²) in [4.78, 5) is 22.4. The highest BCUT2D eigenvalue weighted by Crippen LogP contribution is 2.33. The smallest absolute Gasteiger partial charge is 0.301 e. The molecule has 0 unspecified atom stereocenters. The Hall–Kier alpha value is -3.73. The Morgan fingerprint density at radius 1 is 0.941 bits per heavy atom. The number of aromatic nitrogens is 4. The molecule has 170 valence electrons. The molecule has 5 heteroatoms. The predicted octanol–water partition coefficient (Wildman–Crippen LogP) is 5.92. The van der Waals surface area contributed by atoms with E-state index in [0.29, 0.717) is 5.92 Å². The number of allylic oxidation sites excluding steroid dienone is 1. The lowest BCUT2D eigenvalue weighted by Gasteiger charge is -2.22. The topological polar surface area (TPSA) is 52.7 Å². The number of rotatable bonds is 4. The monoisotopic (exact) mass is 448 g/mol. The second-order valence-corrected chi connectivity index (χ2v) is 9.47. The van der Waals surface area contributed by atoms with Crippen molar-refractivity contribution < 1.29 is 0 Å². The zero-order valence-electron chi connectivity index (χ0n) is 19.4. The van der Waals surface area contributed by atoms with Crippen molar-refractivity contribution >= 4 is 6.08 Å². The first-order chi connectivity index (χ1) is 16.7. The van der Waals surface area contributed by atoms with Gasteiger partial charge in [0.05, 0.1) is 22.8 Å². The van der Waals surface area contributed by atoms with Crippen molar-refractivity contribution in [3.63, 3.8) is 0 Å². The average molecular weight is 449 g/mol. The van der Waals surface area contributed by atoms with Crippen molar-refractivity contribution in [1.29, 1.82) is 0 Å². The van der Waals surface area contributed by atoms with Gasteiger partial charge in [-0.05, 0) is 65.8 Å². The maximum absolute atomic E-state index is 13.1. The van der Waals surface area contributed by atoms with Gasteiger partial charge in [0.1, 0.15) is 0 Å². The Bertz CT molecular complexity index is 1440. The van der Waals surface area contributed by atoms with E-state index < -0.39 is 0 Å². The van der Waals surface area contributed by atoms with Gasteiger partial charge in [0.25, 0.3) is 0 Å². The van der Waals surface area contributed by atoms with Crippen molar-refractivity contribution in [2.75, 3.05) is 0 Å². The highest BCUT2D eigenvalue weighted by Gasteiger charge is 2.18. The van der Waals surface area contributed by atoms with Crippen LogP contribution in [-0.2, 0) is 13.5 Å². The van der Waals surface area contributed by atoms with Crippen LogP contribution in [0, 0.1) is 0 Å². The highest BCUT2D eigenvalue weighted by atomic mass is 16.1. The molecular formula is C29H28N4O. The predicted molar refractivity (Wildman–Crippen MR) is 136 cm³/mol. The third kappa shape index (κ3) is 3.71. The molecule has 6 rings (SSSR count). The number of imidazole rings is 1. The summed E-state index contributed by atoms with van der Waals surface area (Å²) >= 11 is 0. The molecule has 0 bridgehead atoms. The van der Waals surface area contributed by atoms with Crippen LogP contribution in [0.2, 0.25) is 0 Å². The van der Waals surface area contributed by atoms with Crippen LogP contribution in [0.5, 0.6) is 0 Å². The van der Waals surface area contributed by atoms with Gasteiger partial charge in [-0.2, -0.15) is 0 Å².